The van der Waals surface area contributed by atoms with Crippen molar-refractivity contribution in [1.82, 2.24) is 20.2 Å². The van der Waals surface area contributed by atoms with Crippen molar-refractivity contribution in [2.45, 2.75) is 37.8 Å². The van der Waals surface area contributed by atoms with Crippen LogP contribution in [0.1, 0.15) is 32.8 Å². The highest BCUT2D eigenvalue weighted by molar-refractivity contribution is 7.99. The first kappa shape index (κ1) is 17.5. The maximum atomic E-state index is 11.8. The average Bonchev–Trinajstić information content (AvgIpc) is 3.03. The minimum atomic E-state index is -0.170. The zero-order valence-corrected chi connectivity index (χ0v) is 15.4. The highest BCUT2D eigenvalue weighted by Gasteiger charge is 2.12. The second-order valence-electron chi connectivity index (χ2n) is 6.83. The number of thioether (sulfide) groups is 1. The lowest BCUT2D eigenvalue weighted by molar-refractivity contribution is 0.318. The molecule has 2 aromatic heterocycles. The molecule has 1 aromatic carbocycles. The molecule has 0 saturated carbocycles. The van der Waals surface area contributed by atoms with E-state index in [2.05, 4.69) is 53.1 Å². The summed E-state index contributed by atoms with van der Waals surface area (Å²) in [4.78, 5) is 18.9. The molecule has 0 saturated heterocycles. The van der Waals surface area contributed by atoms with Gasteiger partial charge < -0.3 is 9.72 Å². The molecular weight excluding hydrogens is 336 g/mol. The first-order valence-electron chi connectivity index (χ1n) is 8.23. The van der Waals surface area contributed by atoms with E-state index in [0.29, 0.717) is 22.8 Å². The molecule has 2 heterocycles. The van der Waals surface area contributed by atoms with E-state index >= 15 is 0 Å². The van der Waals surface area contributed by atoms with E-state index in [1.54, 1.807) is 0 Å². The number of nitrogens with zero attached hydrogens (tertiary/aromatic N) is 2. The molecule has 0 aliphatic heterocycles. The van der Waals surface area contributed by atoms with Gasteiger partial charge >= 0.3 is 0 Å². The second-order valence-corrected chi connectivity index (χ2v) is 7.91. The van der Waals surface area contributed by atoms with E-state index in [0.717, 1.165) is 17.9 Å². The number of H-pyrrole nitrogens is 2. The number of rotatable bonds is 6. The first-order chi connectivity index (χ1) is 11.9. The average molecular weight is 358 g/mol. The molecule has 3 rings (SSSR count). The highest BCUT2D eigenvalue weighted by Crippen LogP contribution is 2.24. The maximum Gasteiger partial charge on any atom is 0.262 e. The van der Waals surface area contributed by atoms with Gasteiger partial charge in [-0.25, -0.2) is 4.98 Å². The van der Waals surface area contributed by atoms with Crippen molar-refractivity contribution < 1.29 is 4.74 Å². The Morgan fingerprint density at radius 3 is 2.68 bits per heavy atom. The molecule has 0 spiro atoms. The van der Waals surface area contributed by atoms with Gasteiger partial charge in [-0.3, -0.25) is 9.89 Å². The number of hydrogen-bond donors (Lipinski definition) is 2. The van der Waals surface area contributed by atoms with Crippen LogP contribution in [0, 0.1) is 0 Å². The lowest BCUT2D eigenvalue weighted by Crippen LogP contribution is -2.10. The molecule has 0 unspecified atom stereocenters. The van der Waals surface area contributed by atoms with Crippen LogP contribution in [-0.2, 0) is 5.41 Å². The van der Waals surface area contributed by atoms with Crippen LogP contribution in [0.4, 0.5) is 0 Å². The molecule has 0 atom stereocenters. The van der Waals surface area contributed by atoms with Crippen molar-refractivity contribution in [1.29, 1.82) is 0 Å². The third-order valence-electron chi connectivity index (χ3n) is 3.81. The first-order valence-corrected chi connectivity index (χ1v) is 9.21. The quantitative estimate of drug-likeness (QED) is 0.400. The summed E-state index contributed by atoms with van der Waals surface area (Å²) in [7, 11) is 0. The lowest BCUT2D eigenvalue weighted by Gasteiger charge is -2.19. The van der Waals surface area contributed by atoms with Crippen LogP contribution in [0.25, 0.3) is 11.0 Å². The molecule has 3 aromatic rings. The minimum absolute atomic E-state index is 0.148. The molecule has 0 aliphatic carbocycles. The van der Waals surface area contributed by atoms with Crippen LogP contribution in [0.5, 0.6) is 5.75 Å². The third kappa shape index (κ3) is 4.42. The molecule has 6 nitrogen and oxygen atoms in total. The van der Waals surface area contributed by atoms with Crippen molar-refractivity contribution in [2.24, 2.45) is 0 Å². The number of hydrogen-bond acceptors (Lipinski definition) is 5. The third-order valence-corrected chi connectivity index (χ3v) is 4.77. The lowest BCUT2D eigenvalue weighted by atomic mass is 9.87. The van der Waals surface area contributed by atoms with E-state index < -0.39 is 0 Å². The van der Waals surface area contributed by atoms with Gasteiger partial charge in [0.15, 0.2) is 10.8 Å². The molecule has 2 N–H and O–H groups in total. The molecule has 25 heavy (non-hydrogen) atoms. The van der Waals surface area contributed by atoms with Crippen molar-refractivity contribution in [2.75, 3.05) is 12.4 Å². The van der Waals surface area contributed by atoms with E-state index in [9.17, 15) is 4.79 Å². The SMILES string of the molecule is CC(C)(C)c1ccc(OCCCSc2nc3[nH]ncc3c(=O)[nH]2)cc1. The summed E-state index contributed by atoms with van der Waals surface area (Å²) in [6, 6.07) is 8.24. The second kappa shape index (κ2) is 7.31. The summed E-state index contributed by atoms with van der Waals surface area (Å²) >= 11 is 1.50. The standard InChI is InChI=1S/C18H22N4O2S/c1-18(2,3)12-5-7-13(8-6-12)24-9-4-10-25-17-20-15-14(11-19-22-15)16(23)21-17/h5-8,11H,4,9-10H2,1-3H3,(H2,19,20,21,22,23). The fourth-order valence-electron chi connectivity index (χ4n) is 2.36. The Kier molecular flexibility index (Phi) is 5.13. The molecule has 7 heteroatoms. The van der Waals surface area contributed by atoms with Crippen LogP contribution in [0.15, 0.2) is 40.4 Å². The van der Waals surface area contributed by atoms with Crippen molar-refractivity contribution in [3.05, 3.63) is 46.4 Å². The van der Waals surface area contributed by atoms with E-state index in [1.165, 1.54) is 23.5 Å². The number of ether oxygens (including phenoxy) is 1. The normalized spacial score (nSPS) is 11.8. The topological polar surface area (TPSA) is 83.7 Å². The van der Waals surface area contributed by atoms with Crippen LogP contribution in [-0.4, -0.2) is 32.5 Å². The van der Waals surface area contributed by atoms with Crippen LogP contribution < -0.4 is 10.3 Å². The molecule has 0 amide bonds. The fraction of sp³-hybridized carbons (Fsp3) is 0.389. The number of aromatic nitrogens is 4. The monoisotopic (exact) mass is 358 g/mol. The maximum absolute atomic E-state index is 11.8. The Labute approximate surface area is 150 Å². The number of benzene rings is 1. The number of fused-ring (bicyclic) bond motifs is 1. The summed E-state index contributed by atoms with van der Waals surface area (Å²) in [6.45, 7) is 7.20. The number of nitrogens with one attached hydrogen (secondary N) is 2. The summed E-state index contributed by atoms with van der Waals surface area (Å²) in [5.74, 6) is 1.69. The van der Waals surface area contributed by atoms with Crippen LogP contribution in [0.2, 0.25) is 0 Å². The van der Waals surface area contributed by atoms with Gasteiger partial charge in [-0.1, -0.05) is 44.7 Å². The predicted molar refractivity (Wildman–Crippen MR) is 100 cm³/mol. The van der Waals surface area contributed by atoms with Gasteiger partial charge in [-0.15, -0.1) is 0 Å². The van der Waals surface area contributed by atoms with Gasteiger partial charge in [-0.2, -0.15) is 5.10 Å². The van der Waals surface area contributed by atoms with Crippen LogP contribution >= 0.6 is 11.8 Å². The van der Waals surface area contributed by atoms with Crippen LogP contribution in [0.3, 0.4) is 0 Å². The summed E-state index contributed by atoms with van der Waals surface area (Å²) in [5.41, 5.74) is 1.78. The Balaban J connectivity index is 1.46. The van der Waals surface area contributed by atoms with Gasteiger partial charge in [0.25, 0.3) is 5.56 Å². The van der Waals surface area contributed by atoms with Crippen molar-refractivity contribution >= 4 is 22.8 Å². The fourth-order valence-corrected chi connectivity index (χ4v) is 3.14. The van der Waals surface area contributed by atoms with Crippen molar-refractivity contribution in [3.8, 4) is 5.75 Å². The number of aromatic amines is 2. The zero-order valence-electron chi connectivity index (χ0n) is 14.6. The van der Waals surface area contributed by atoms with Crippen molar-refractivity contribution in [3.63, 3.8) is 0 Å². The smallest absolute Gasteiger partial charge is 0.262 e. The summed E-state index contributed by atoms with van der Waals surface area (Å²) in [6.07, 6.45) is 2.34. The zero-order chi connectivity index (χ0) is 17.9. The van der Waals surface area contributed by atoms with E-state index in [4.69, 9.17) is 4.74 Å². The van der Waals surface area contributed by atoms with E-state index in [-0.39, 0.29) is 11.0 Å². The van der Waals surface area contributed by atoms with E-state index in [1.807, 2.05) is 12.1 Å². The van der Waals surface area contributed by atoms with Gasteiger partial charge in [0.05, 0.1) is 12.8 Å². The Bertz CT molecular complexity index is 894. The molecular formula is C18H22N4O2S. The largest absolute Gasteiger partial charge is 0.494 e. The Morgan fingerprint density at radius 1 is 1.20 bits per heavy atom. The molecule has 0 bridgehead atoms. The molecule has 0 radical (unpaired) electrons. The van der Waals surface area contributed by atoms with Gasteiger partial charge in [0.1, 0.15) is 11.1 Å². The highest BCUT2D eigenvalue weighted by atomic mass is 32.2. The molecule has 132 valence electrons. The summed E-state index contributed by atoms with van der Waals surface area (Å²) in [5, 5.41) is 7.62. The Morgan fingerprint density at radius 2 is 1.96 bits per heavy atom. The molecule has 0 fully saturated rings. The summed E-state index contributed by atoms with van der Waals surface area (Å²) < 4.78 is 5.77. The van der Waals surface area contributed by atoms with Gasteiger partial charge in [-0.05, 0) is 29.5 Å². The van der Waals surface area contributed by atoms with Gasteiger partial charge in [0, 0.05) is 5.75 Å². The predicted octanol–water partition coefficient (Wildman–Crippen LogP) is 3.50. The van der Waals surface area contributed by atoms with Gasteiger partial charge in [0.2, 0.25) is 0 Å². The molecule has 0 aliphatic rings. The minimum Gasteiger partial charge on any atom is -0.494 e. The Hall–Kier alpha value is -2.28.